The maximum absolute atomic E-state index is 5.41. The van der Waals surface area contributed by atoms with Crippen molar-refractivity contribution < 1.29 is 8.94 Å². The van der Waals surface area contributed by atoms with Crippen LogP contribution in [-0.2, 0) is 6.54 Å². The second-order valence-electron chi connectivity index (χ2n) is 5.80. The first-order valence-electron chi connectivity index (χ1n) is 7.88. The standard InChI is InChI=1S/C17H18N4O2/c1-2-4-13(5-3-1)16-19-15(23-20-16)12-21-9-6-14(7-10-21)17-18-8-11-22-17/h1-5,8,11,14H,6-7,9-10,12H2. The van der Waals surface area contributed by atoms with Crippen molar-refractivity contribution in [3.63, 3.8) is 0 Å². The second-order valence-corrected chi connectivity index (χ2v) is 5.80. The van der Waals surface area contributed by atoms with Crippen molar-refractivity contribution in [1.82, 2.24) is 20.0 Å². The van der Waals surface area contributed by atoms with E-state index in [1.165, 1.54) is 0 Å². The van der Waals surface area contributed by atoms with E-state index in [1.54, 1.807) is 12.5 Å². The molecule has 118 valence electrons. The topological polar surface area (TPSA) is 68.2 Å². The molecule has 1 aromatic carbocycles. The minimum atomic E-state index is 0.420. The fraction of sp³-hybridized carbons (Fsp3) is 0.353. The number of oxazole rings is 1. The molecule has 0 N–H and O–H groups in total. The molecule has 0 bridgehead atoms. The van der Waals surface area contributed by atoms with Gasteiger partial charge < -0.3 is 8.94 Å². The van der Waals surface area contributed by atoms with E-state index in [0.717, 1.165) is 37.4 Å². The van der Waals surface area contributed by atoms with E-state index >= 15 is 0 Å². The minimum absolute atomic E-state index is 0.420. The highest BCUT2D eigenvalue weighted by atomic mass is 16.5. The van der Waals surface area contributed by atoms with Crippen LogP contribution in [0.25, 0.3) is 11.4 Å². The van der Waals surface area contributed by atoms with Gasteiger partial charge in [0.2, 0.25) is 11.7 Å². The number of nitrogens with zero attached hydrogens (tertiary/aromatic N) is 4. The third-order valence-corrected chi connectivity index (χ3v) is 4.25. The molecule has 1 aliphatic rings. The summed E-state index contributed by atoms with van der Waals surface area (Å²) >= 11 is 0. The highest BCUT2D eigenvalue weighted by Crippen LogP contribution is 2.27. The van der Waals surface area contributed by atoms with Gasteiger partial charge >= 0.3 is 0 Å². The van der Waals surface area contributed by atoms with Gasteiger partial charge in [0.05, 0.1) is 12.7 Å². The average Bonchev–Trinajstić information content (AvgIpc) is 3.28. The molecular weight excluding hydrogens is 292 g/mol. The summed E-state index contributed by atoms with van der Waals surface area (Å²) in [5.74, 6) is 2.59. The molecular formula is C17H18N4O2. The third kappa shape index (κ3) is 3.17. The molecule has 6 nitrogen and oxygen atoms in total. The van der Waals surface area contributed by atoms with Gasteiger partial charge in [-0.05, 0) is 25.9 Å². The first-order valence-corrected chi connectivity index (χ1v) is 7.88. The normalized spacial score (nSPS) is 16.7. The average molecular weight is 310 g/mol. The van der Waals surface area contributed by atoms with Crippen molar-refractivity contribution in [3.8, 4) is 11.4 Å². The summed E-state index contributed by atoms with van der Waals surface area (Å²) in [6, 6.07) is 9.88. The fourth-order valence-electron chi connectivity index (χ4n) is 2.99. The Hall–Kier alpha value is -2.47. The molecule has 1 fully saturated rings. The lowest BCUT2D eigenvalue weighted by molar-refractivity contribution is 0.172. The Morgan fingerprint density at radius 2 is 1.96 bits per heavy atom. The van der Waals surface area contributed by atoms with E-state index in [-0.39, 0.29) is 0 Å². The van der Waals surface area contributed by atoms with Crippen molar-refractivity contribution in [3.05, 3.63) is 54.6 Å². The lowest BCUT2D eigenvalue weighted by Gasteiger charge is -2.29. The zero-order valence-corrected chi connectivity index (χ0v) is 12.8. The van der Waals surface area contributed by atoms with Crippen LogP contribution in [0.3, 0.4) is 0 Å². The van der Waals surface area contributed by atoms with Gasteiger partial charge in [-0.25, -0.2) is 4.98 Å². The van der Waals surface area contributed by atoms with Gasteiger partial charge in [0.25, 0.3) is 0 Å². The van der Waals surface area contributed by atoms with Crippen LogP contribution in [0.4, 0.5) is 0 Å². The summed E-state index contributed by atoms with van der Waals surface area (Å²) in [7, 11) is 0. The van der Waals surface area contributed by atoms with E-state index < -0.39 is 0 Å². The number of benzene rings is 1. The summed E-state index contributed by atoms with van der Waals surface area (Å²) in [4.78, 5) is 11.1. The van der Waals surface area contributed by atoms with Gasteiger partial charge in [-0.15, -0.1) is 0 Å². The highest BCUT2D eigenvalue weighted by Gasteiger charge is 2.24. The van der Waals surface area contributed by atoms with Crippen molar-refractivity contribution in [2.24, 2.45) is 0 Å². The molecule has 23 heavy (non-hydrogen) atoms. The summed E-state index contributed by atoms with van der Waals surface area (Å²) < 4.78 is 10.8. The number of likely N-dealkylation sites (tertiary alicyclic amines) is 1. The monoisotopic (exact) mass is 310 g/mol. The molecule has 3 aromatic rings. The molecule has 0 aliphatic carbocycles. The Morgan fingerprint density at radius 1 is 1.13 bits per heavy atom. The van der Waals surface area contributed by atoms with Gasteiger partial charge in [-0.2, -0.15) is 4.98 Å². The Kier molecular flexibility index (Phi) is 3.90. The van der Waals surface area contributed by atoms with Crippen LogP contribution < -0.4 is 0 Å². The summed E-state index contributed by atoms with van der Waals surface area (Å²) in [6.07, 6.45) is 5.44. The molecule has 0 atom stereocenters. The van der Waals surface area contributed by atoms with Crippen LogP contribution in [0.5, 0.6) is 0 Å². The van der Waals surface area contributed by atoms with Crippen LogP contribution >= 0.6 is 0 Å². The quantitative estimate of drug-likeness (QED) is 0.737. The van der Waals surface area contributed by atoms with Crippen LogP contribution in [0.15, 0.2) is 51.7 Å². The van der Waals surface area contributed by atoms with Crippen LogP contribution in [-0.4, -0.2) is 33.1 Å². The molecule has 6 heteroatoms. The van der Waals surface area contributed by atoms with Crippen molar-refractivity contribution in [1.29, 1.82) is 0 Å². The fourth-order valence-corrected chi connectivity index (χ4v) is 2.99. The van der Waals surface area contributed by atoms with Gasteiger partial charge in [0, 0.05) is 11.5 Å². The van der Waals surface area contributed by atoms with E-state index in [0.29, 0.717) is 24.2 Å². The number of piperidine rings is 1. The third-order valence-electron chi connectivity index (χ3n) is 4.25. The number of rotatable bonds is 4. The van der Waals surface area contributed by atoms with Crippen molar-refractivity contribution in [2.75, 3.05) is 13.1 Å². The van der Waals surface area contributed by atoms with E-state index in [9.17, 15) is 0 Å². The molecule has 0 amide bonds. The predicted molar refractivity (Wildman–Crippen MR) is 83.5 cm³/mol. The highest BCUT2D eigenvalue weighted by molar-refractivity contribution is 5.53. The maximum Gasteiger partial charge on any atom is 0.241 e. The summed E-state index contributed by atoms with van der Waals surface area (Å²) in [5, 5.41) is 4.07. The Bertz CT molecular complexity index is 731. The van der Waals surface area contributed by atoms with Gasteiger partial charge in [-0.1, -0.05) is 35.5 Å². The van der Waals surface area contributed by atoms with Gasteiger partial charge in [-0.3, -0.25) is 4.90 Å². The lowest BCUT2D eigenvalue weighted by Crippen LogP contribution is -2.32. The number of aromatic nitrogens is 3. The molecule has 0 radical (unpaired) electrons. The predicted octanol–water partition coefficient (Wildman–Crippen LogP) is 3.10. The second kappa shape index (κ2) is 6.34. The van der Waals surface area contributed by atoms with Crippen molar-refractivity contribution in [2.45, 2.75) is 25.3 Å². The lowest BCUT2D eigenvalue weighted by atomic mass is 9.97. The van der Waals surface area contributed by atoms with Crippen molar-refractivity contribution >= 4 is 0 Å². The molecule has 1 aliphatic heterocycles. The number of hydrogen-bond acceptors (Lipinski definition) is 6. The zero-order chi connectivity index (χ0) is 15.5. The summed E-state index contributed by atoms with van der Waals surface area (Å²) in [6.45, 7) is 2.66. The SMILES string of the molecule is c1ccc(-c2noc(CN3CCC(c4ncco4)CC3)n2)cc1. The number of hydrogen-bond donors (Lipinski definition) is 0. The zero-order valence-electron chi connectivity index (χ0n) is 12.8. The van der Waals surface area contributed by atoms with E-state index in [2.05, 4.69) is 20.0 Å². The molecule has 0 spiro atoms. The molecule has 0 unspecified atom stereocenters. The molecule has 0 saturated carbocycles. The first kappa shape index (κ1) is 14.1. The summed E-state index contributed by atoms with van der Waals surface area (Å²) in [5.41, 5.74) is 0.977. The minimum Gasteiger partial charge on any atom is -0.449 e. The molecule has 3 heterocycles. The Balaban J connectivity index is 1.36. The smallest absolute Gasteiger partial charge is 0.241 e. The molecule has 1 saturated heterocycles. The first-order chi connectivity index (χ1) is 11.4. The largest absolute Gasteiger partial charge is 0.449 e. The Morgan fingerprint density at radius 3 is 2.70 bits per heavy atom. The van der Waals surface area contributed by atoms with E-state index in [1.807, 2.05) is 30.3 Å². The molecule has 2 aromatic heterocycles. The van der Waals surface area contributed by atoms with E-state index in [4.69, 9.17) is 8.94 Å². The maximum atomic E-state index is 5.41. The molecule has 4 rings (SSSR count). The van der Waals surface area contributed by atoms with Gasteiger partial charge in [0.1, 0.15) is 6.26 Å². The van der Waals surface area contributed by atoms with Crippen LogP contribution in [0.1, 0.15) is 30.5 Å². The Labute approximate surface area is 134 Å². The van der Waals surface area contributed by atoms with Gasteiger partial charge in [0.15, 0.2) is 5.89 Å². The van der Waals surface area contributed by atoms with Crippen LogP contribution in [0.2, 0.25) is 0 Å². The van der Waals surface area contributed by atoms with Crippen LogP contribution in [0, 0.1) is 0 Å².